The van der Waals surface area contributed by atoms with Crippen molar-refractivity contribution in [3.63, 3.8) is 0 Å². The van der Waals surface area contributed by atoms with E-state index in [1.54, 1.807) is 6.92 Å². The minimum Gasteiger partial charge on any atom is -0.543 e. The molecule has 1 fully saturated rings. The molecule has 2 rings (SSSR count). The number of thioether (sulfide) groups is 1. The van der Waals surface area contributed by atoms with Crippen LogP contribution in [0.25, 0.3) is 0 Å². The molecule has 2 heterocycles. The molecule has 2 atom stereocenters. The van der Waals surface area contributed by atoms with Gasteiger partial charge in [0.05, 0.1) is 30.1 Å². The van der Waals surface area contributed by atoms with Crippen LogP contribution < -0.4 is 56.5 Å². The number of hydrogen-bond donors (Lipinski definition) is 0. The average Bonchev–Trinajstić information content (AvgIpc) is 2.62. The number of nitrogens with zero attached hydrogens (tertiary/aromatic N) is 1. The zero-order valence-electron chi connectivity index (χ0n) is 11.9. The molecule has 0 N–H and O–H groups in total. The summed E-state index contributed by atoms with van der Waals surface area (Å²) in [6, 6.07) is 0. The monoisotopic (exact) mass is 325 g/mol. The molecule has 106 valence electrons. The second-order valence-electron chi connectivity index (χ2n) is 4.24. The van der Waals surface area contributed by atoms with Gasteiger partial charge in [0.2, 0.25) is 5.91 Å². The zero-order valence-corrected chi connectivity index (χ0v) is 15.8. The first-order chi connectivity index (χ1) is 9.04. The Balaban J connectivity index is 0.00000200. The van der Waals surface area contributed by atoms with Gasteiger partial charge in [0.1, 0.15) is 0 Å². The number of aliphatic carboxylic acids is 1. The van der Waals surface area contributed by atoms with Crippen molar-refractivity contribution in [1.82, 2.24) is 4.90 Å². The van der Waals surface area contributed by atoms with Crippen LogP contribution in [0.4, 0.5) is 0 Å². The van der Waals surface area contributed by atoms with E-state index in [9.17, 15) is 14.7 Å². The molecule has 20 heavy (non-hydrogen) atoms. The smallest absolute Gasteiger partial charge is 0.543 e. The summed E-state index contributed by atoms with van der Waals surface area (Å²) in [5, 5.41) is 11.0. The number of carbonyl (C=O) groups is 2. The molecule has 8 heteroatoms. The first-order valence-electron chi connectivity index (χ1n) is 6.21. The van der Waals surface area contributed by atoms with Crippen molar-refractivity contribution in [2.24, 2.45) is 0 Å². The Labute approximate surface area is 164 Å². The van der Waals surface area contributed by atoms with Gasteiger partial charge in [-0.1, -0.05) is 0 Å². The number of fused-ring (bicyclic) bond motifs is 1. The number of β-lactam (4-membered cyclic amide) rings is 1. The number of carboxylic acids is 1. The average molecular weight is 325 g/mol. The molecule has 1 saturated heterocycles. The van der Waals surface area contributed by atoms with Gasteiger partial charge in [-0.15, -0.1) is 11.8 Å². The number of rotatable bonds is 7. The van der Waals surface area contributed by atoms with Crippen LogP contribution in [0.15, 0.2) is 10.6 Å². The summed E-state index contributed by atoms with van der Waals surface area (Å²) in [7, 11) is 0. The summed E-state index contributed by atoms with van der Waals surface area (Å²) >= 11 is 1.41. The van der Waals surface area contributed by atoms with E-state index in [1.165, 1.54) is 16.7 Å². The van der Waals surface area contributed by atoms with E-state index >= 15 is 0 Å². The molecular weight excluding hydrogens is 309 g/mol. The number of amides is 1. The molecule has 0 aromatic rings. The third-order valence-electron chi connectivity index (χ3n) is 2.97. The number of hydrogen-bond acceptors (Lipinski definition) is 6. The van der Waals surface area contributed by atoms with Crippen LogP contribution >= 0.6 is 11.8 Å². The van der Waals surface area contributed by atoms with Crippen LogP contribution in [0, 0.1) is 0 Å². The Kier molecular flexibility index (Phi) is 7.71. The van der Waals surface area contributed by atoms with Gasteiger partial charge in [0, 0.05) is 17.9 Å². The molecule has 0 aromatic carbocycles. The van der Waals surface area contributed by atoms with Crippen LogP contribution in [0.1, 0.15) is 26.7 Å². The van der Waals surface area contributed by atoms with Crippen LogP contribution in [0.2, 0.25) is 0 Å². The summed E-state index contributed by atoms with van der Waals surface area (Å²) in [5.41, 5.74) is 0.0129. The first-order valence-corrected chi connectivity index (χ1v) is 7.09. The molecule has 2 unspecified atom stereocenters. The summed E-state index contributed by atoms with van der Waals surface area (Å²) in [6.07, 6.45) is 0.523. The number of carbonyl (C=O) groups excluding carboxylic acids is 2. The summed E-state index contributed by atoms with van der Waals surface area (Å²) in [4.78, 5) is 24.4. The van der Waals surface area contributed by atoms with Gasteiger partial charge in [-0.05, 0) is 13.8 Å². The van der Waals surface area contributed by atoms with Crippen LogP contribution in [-0.4, -0.2) is 41.7 Å². The van der Waals surface area contributed by atoms with Crippen LogP contribution in [0.3, 0.4) is 0 Å². The predicted molar refractivity (Wildman–Crippen MR) is 66.5 cm³/mol. The van der Waals surface area contributed by atoms with E-state index in [-0.39, 0.29) is 74.7 Å². The first kappa shape index (κ1) is 18.6. The van der Waals surface area contributed by atoms with Gasteiger partial charge in [0.25, 0.3) is 0 Å². The second-order valence-corrected chi connectivity index (χ2v) is 5.52. The molecule has 0 spiro atoms. The van der Waals surface area contributed by atoms with Gasteiger partial charge >= 0.3 is 51.4 Å². The summed E-state index contributed by atoms with van der Waals surface area (Å²) in [6.45, 7) is 4.58. The minimum absolute atomic E-state index is 0. The largest absolute Gasteiger partial charge is 1.00 e. The van der Waals surface area contributed by atoms with Crippen molar-refractivity contribution in [1.29, 1.82) is 0 Å². The summed E-state index contributed by atoms with van der Waals surface area (Å²) < 4.78 is 10.6. The van der Waals surface area contributed by atoms with Crippen molar-refractivity contribution >= 4 is 23.6 Å². The Hall–Kier alpha value is 0.586. The molecular formula is C12H16KNO5S. The van der Waals surface area contributed by atoms with Crippen molar-refractivity contribution in [3.8, 4) is 0 Å². The molecule has 1 amide bonds. The molecule has 0 bridgehead atoms. The molecule has 0 radical (unpaired) electrons. The normalized spacial score (nSPS) is 22.2. The van der Waals surface area contributed by atoms with E-state index in [2.05, 4.69) is 0 Å². The van der Waals surface area contributed by atoms with E-state index in [4.69, 9.17) is 9.47 Å². The van der Waals surface area contributed by atoms with Crippen molar-refractivity contribution < 1.29 is 75.6 Å². The number of ether oxygens (including phenoxy) is 2. The van der Waals surface area contributed by atoms with E-state index in [0.29, 0.717) is 31.0 Å². The number of carboxylic acid groups (broad SMARTS) is 1. The van der Waals surface area contributed by atoms with Gasteiger partial charge < -0.3 is 19.4 Å². The molecule has 0 saturated carbocycles. The SMILES string of the molecule is CCOC(C)OCCC1=C(C(=O)[O-])N2C(=O)CC2S1.[K+]. The maximum absolute atomic E-state index is 11.4. The molecule has 2 aliphatic rings. The van der Waals surface area contributed by atoms with Gasteiger partial charge in [-0.3, -0.25) is 9.69 Å². The van der Waals surface area contributed by atoms with E-state index in [0.717, 1.165) is 0 Å². The Morgan fingerprint density at radius 1 is 1.55 bits per heavy atom. The third-order valence-corrected chi connectivity index (χ3v) is 4.30. The van der Waals surface area contributed by atoms with Gasteiger partial charge in [0.15, 0.2) is 6.29 Å². The Morgan fingerprint density at radius 2 is 2.25 bits per heavy atom. The molecule has 6 nitrogen and oxygen atoms in total. The standard InChI is InChI=1S/C12H17NO5S.K/c1-3-17-7(2)18-5-4-8-11(12(15)16)13-9(14)6-10(13)19-8;/h7,10H,3-6H2,1-2H3,(H,15,16);/q;+1/p-1. The van der Waals surface area contributed by atoms with Crippen molar-refractivity contribution in [2.75, 3.05) is 13.2 Å². The molecule has 0 aromatic heterocycles. The maximum atomic E-state index is 11.4. The van der Waals surface area contributed by atoms with Crippen molar-refractivity contribution in [2.45, 2.75) is 38.4 Å². The van der Waals surface area contributed by atoms with Gasteiger partial charge in [-0.25, -0.2) is 0 Å². The Morgan fingerprint density at radius 3 is 2.80 bits per heavy atom. The van der Waals surface area contributed by atoms with Crippen LogP contribution in [-0.2, 0) is 19.1 Å². The van der Waals surface area contributed by atoms with Crippen LogP contribution in [0.5, 0.6) is 0 Å². The Bertz CT molecular complexity index is 428. The third kappa shape index (κ3) is 4.07. The van der Waals surface area contributed by atoms with E-state index < -0.39 is 5.97 Å². The summed E-state index contributed by atoms with van der Waals surface area (Å²) in [5.74, 6) is -1.45. The molecule has 2 aliphatic heterocycles. The van der Waals surface area contributed by atoms with E-state index in [1.807, 2.05) is 6.92 Å². The zero-order chi connectivity index (χ0) is 14.0. The fourth-order valence-electron chi connectivity index (χ4n) is 2.09. The quantitative estimate of drug-likeness (QED) is 0.283. The fourth-order valence-corrected chi connectivity index (χ4v) is 3.47. The topological polar surface area (TPSA) is 78.9 Å². The second kappa shape index (κ2) is 8.28. The fraction of sp³-hybridized carbons (Fsp3) is 0.667. The predicted octanol–water partition coefficient (Wildman–Crippen LogP) is -2.95. The molecule has 0 aliphatic carbocycles. The van der Waals surface area contributed by atoms with Gasteiger partial charge in [-0.2, -0.15) is 0 Å². The van der Waals surface area contributed by atoms with Crippen molar-refractivity contribution in [3.05, 3.63) is 10.6 Å². The maximum Gasteiger partial charge on any atom is 1.00 e. The minimum atomic E-state index is -1.30.